The second-order valence-electron chi connectivity index (χ2n) is 6.93. The first-order chi connectivity index (χ1) is 14.0. The molecule has 0 aliphatic carbocycles. The topological polar surface area (TPSA) is 86.1 Å². The first-order valence-corrected chi connectivity index (χ1v) is 9.66. The van der Waals surface area contributed by atoms with Crippen molar-refractivity contribution >= 4 is 11.6 Å². The van der Waals surface area contributed by atoms with Gasteiger partial charge in [0.15, 0.2) is 5.65 Å². The van der Waals surface area contributed by atoms with Crippen molar-refractivity contribution in [2.75, 3.05) is 7.05 Å². The van der Waals surface area contributed by atoms with E-state index >= 15 is 0 Å². The predicted molar refractivity (Wildman–Crippen MR) is 108 cm³/mol. The summed E-state index contributed by atoms with van der Waals surface area (Å²) >= 11 is 0. The van der Waals surface area contributed by atoms with E-state index in [1.165, 1.54) is 0 Å². The van der Waals surface area contributed by atoms with Gasteiger partial charge in [0.25, 0.3) is 5.91 Å². The summed E-state index contributed by atoms with van der Waals surface area (Å²) < 4.78 is 5.43. The Hall–Kier alpha value is -3.49. The molecule has 0 bridgehead atoms. The largest absolute Gasteiger partial charge is 0.336 e. The molecular formula is C20H24N8O. The summed E-state index contributed by atoms with van der Waals surface area (Å²) in [6, 6.07) is 3.81. The summed E-state index contributed by atoms with van der Waals surface area (Å²) in [5, 5.41) is 13.4. The van der Waals surface area contributed by atoms with Crippen molar-refractivity contribution in [3.8, 4) is 11.3 Å². The van der Waals surface area contributed by atoms with Crippen LogP contribution in [0.3, 0.4) is 0 Å². The number of fused-ring (bicyclic) bond motifs is 1. The molecule has 0 aliphatic heterocycles. The van der Waals surface area contributed by atoms with E-state index in [-0.39, 0.29) is 5.91 Å². The van der Waals surface area contributed by atoms with E-state index < -0.39 is 0 Å². The summed E-state index contributed by atoms with van der Waals surface area (Å²) in [6.07, 6.45) is 7.18. The maximum atomic E-state index is 13.0. The molecule has 0 fully saturated rings. The molecule has 9 nitrogen and oxygen atoms in total. The van der Waals surface area contributed by atoms with E-state index in [2.05, 4.69) is 20.3 Å². The van der Waals surface area contributed by atoms with Crippen molar-refractivity contribution in [2.45, 2.75) is 40.4 Å². The van der Waals surface area contributed by atoms with Gasteiger partial charge in [-0.05, 0) is 32.9 Å². The molecule has 9 heteroatoms. The van der Waals surface area contributed by atoms with E-state index in [0.717, 1.165) is 35.7 Å². The number of aryl methyl sites for hydroxylation is 3. The van der Waals surface area contributed by atoms with Gasteiger partial charge in [-0.25, -0.2) is 9.50 Å². The van der Waals surface area contributed by atoms with Crippen LogP contribution in [0.4, 0.5) is 0 Å². The van der Waals surface area contributed by atoms with Crippen molar-refractivity contribution in [1.82, 2.24) is 39.1 Å². The Labute approximate surface area is 168 Å². The SMILES string of the molecule is CCn1ccc(CN(C)C(=O)c2cnn3c(-c4cn(CC)nc4C)ccnc23)n1. The average Bonchev–Trinajstić information content (AvgIpc) is 3.45. The zero-order chi connectivity index (χ0) is 20.5. The number of hydrogen-bond donors (Lipinski definition) is 0. The molecule has 0 radical (unpaired) electrons. The molecule has 0 saturated carbocycles. The number of amides is 1. The minimum absolute atomic E-state index is 0.142. The number of nitrogens with zero attached hydrogens (tertiary/aromatic N) is 8. The van der Waals surface area contributed by atoms with Gasteiger partial charge in [-0.1, -0.05) is 0 Å². The van der Waals surface area contributed by atoms with Crippen LogP contribution in [0.1, 0.15) is 35.6 Å². The van der Waals surface area contributed by atoms with Gasteiger partial charge in [-0.15, -0.1) is 0 Å². The molecule has 0 unspecified atom stereocenters. The molecule has 0 N–H and O–H groups in total. The molecule has 1 amide bonds. The highest BCUT2D eigenvalue weighted by atomic mass is 16.2. The van der Waals surface area contributed by atoms with Gasteiger partial charge in [-0.2, -0.15) is 15.3 Å². The molecule has 4 aromatic heterocycles. The lowest BCUT2D eigenvalue weighted by molar-refractivity contribution is 0.0785. The van der Waals surface area contributed by atoms with Gasteiger partial charge in [0, 0.05) is 44.3 Å². The average molecular weight is 392 g/mol. The Balaban J connectivity index is 1.66. The molecule has 0 atom stereocenters. The van der Waals surface area contributed by atoms with Gasteiger partial charge in [0.2, 0.25) is 0 Å². The summed E-state index contributed by atoms with van der Waals surface area (Å²) in [6.45, 7) is 8.04. The molecule has 29 heavy (non-hydrogen) atoms. The predicted octanol–water partition coefficient (Wildman–Crippen LogP) is 2.41. The highest BCUT2D eigenvalue weighted by molar-refractivity contribution is 5.99. The Bertz CT molecular complexity index is 1170. The Morgan fingerprint density at radius 3 is 2.62 bits per heavy atom. The van der Waals surface area contributed by atoms with Crippen LogP contribution in [0.25, 0.3) is 16.9 Å². The quantitative estimate of drug-likeness (QED) is 0.503. The van der Waals surface area contributed by atoms with E-state index in [1.807, 2.05) is 54.7 Å². The smallest absolute Gasteiger partial charge is 0.259 e. The van der Waals surface area contributed by atoms with Gasteiger partial charge in [0.05, 0.1) is 29.8 Å². The molecule has 0 aromatic carbocycles. The molecule has 4 rings (SSSR count). The maximum Gasteiger partial charge on any atom is 0.259 e. The van der Waals surface area contributed by atoms with Crippen molar-refractivity contribution in [3.05, 3.63) is 53.9 Å². The summed E-state index contributed by atoms with van der Waals surface area (Å²) in [7, 11) is 1.76. The molecule has 0 saturated heterocycles. The standard InChI is InChI=1S/C20H24N8O/c1-5-26-10-8-15(24-26)12-25(4)20(29)16-11-22-28-18(7-9-21-19(16)28)17-13-27(6-2)23-14(17)3/h7-11,13H,5-6,12H2,1-4H3. The number of carbonyl (C=O) groups excluding carboxylic acids is 1. The first-order valence-electron chi connectivity index (χ1n) is 9.66. The molecule has 150 valence electrons. The molecule has 0 spiro atoms. The van der Waals surface area contributed by atoms with Crippen LogP contribution in [0, 0.1) is 6.92 Å². The van der Waals surface area contributed by atoms with E-state index in [0.29, 0.717) is 17.8 Å². The fraction of sp³-hybridized carbons (Fsp3) is 0.350. The fourth-order valence-corrected chi connectivity index (χ4v) is 3.36. The van der Waals surface area contributed by atoms with Gasteiger partial charge >= 0.3 is 0 Å². The van der Waals surface area contributed by atoms with Crippen LogP contribution in [0.15, 0.2) is 36.9 Å². The second kappa shape index (κ2) is 7.50. The van der Waals surface area contributed by atoms with E-state index in [1.54, 1.807) is 28.9 Å². The lowest BCUT2D eigenvalue weighted by Crippen LogP contribution is -2.26. The molecule has 4 aromatic rings. The third-order valence-corrected chi connectivity index (χ3v) is 4.94. The molecule has 0 aliphatic rings. The van der Waals surface area contributed by atoms with Crippen LogP contribution < -0.4 is 0 Å². The van der Waals surface area contributed by atoms with Crippen molar-refractivity contribution in [2.24, 2.45) is 0 Å². The minimum atomic E-state index is -0.142. The van der Waals surface area contributed by atoms with Crippen LogP contribution >= 0.6 is 0 Å². The van der Waals surface area contributed by atoms with Gasteiger partial charge < -0.3 is 4.90 Å². The second-order valence-corrected chi connectivity index (χ2v) is 6.93. The number of rotatable bonds is 6. The van der Waals surface area contributed by atoms with Crippen LogP contribution in [0.2, 0.25) is 0 Å². The molecule has 4 heterocycles. The highest BCUT2D eigenvalue weighted by Gasteiger charge is 2.21. The summed E-state index contributed by atoms with van der Waals surface area (Å²) in [5.74, 6) is -0.142. The zero-order valence-electron chi connectivity index (χ0n) is 17.1. The Morgan fingerprint density at radius 2 is 1.93 bits per heavy atom. The van der Waals surface area contributed by atoms with Crippen LogP contribution in [-0.4, -0.2) is 52.0 Å². The van der Waals surface area contributed by atoms with Crippen LogP contribution in [0.5, 0.6) is 0 Å². The monoisotopic (exact) mass is 392 g/mol. The number of carbonyl (C=O) groups is 1. The highest BCUT2D eigenvalue weighted by Crippen LogP contribution is 2.24. The zero-order valence-corrected chi connectivity index (χ0v) is 17.1. The third kappa shape index (κ3) is 3.39. The van der Waals surface area contributed by atoms with Crippen LogP contribution in [-0.2, 0) is 19.6 Å². The van der Waals surface area contributed by atoms with Crippen molar-refractivity contribution in [3.63, 3.8) is 0 Å². The fourth-order valence-electron chi connectivity index (χ4n) is 3.36. The van der Waals surface area contributed by atoms with E-state index in [9.17, 15) is 4.79 Å². The van der Waals surface area contributed by atoms with E-state index in [4.69, 9.17) is 0 Å². The lowest BCUT2D eigenvalue weighted by atomic mass is 10.2. The third-order valence-electron chi connectivity index (χ3n) is 4.94. The van der Waals surface area contributed by atoms with Crippen molar-refractivity contribution in [1.29, 1.82) is 0 Å². The first kappa shape index (κ1) is 18.9. The number of hydrogen-bond acceptors (Lipinski definition) is 5. The maximum absolute atomic E-state index is 13.0. The Morgan fingerprint density at radius 1 is 1.14 bits per heavy atom. The Kier molecular flexibility index (Phi) is 4.87. The normalized spacial score (nSPS) is 11.3. The summed E-state index contributed by atoms with van der Waals surface area (Å²) in [4.78, 5) is 19.1. The van der Waals surface area contributed by atoms with Crippen molar-refractivity contribution < 1.29 is 4.79 Å². The minimum Gasteiger partial charge on any atom is -0.336 e. The van der Waals surface area contributed by atoms with Gasteiger partial charge in [-0.3, -0.25) is 14.2 Å². The summed E-state index contributed by atoms with van der Waals surface area (Å²) in [5.41, 5.74) is 4.57. The van der Waals surface area contributed by atoms with Gasteiger partial charge in [0.1, 0.15) is 5.56 Å². The number of aromatic nitrogens is 7. The molecular weight excluding hydrogens is 368 g/mol. The lowest BCUT2D eigenvalue weighted by Gasteiger charge is -2.15.